The number of rotatable bonds is 4. The molecular weight excluding hydrogens is 413 g/mol. The third kappa shape index (κ3) is 3.70. The molecule has 0 saturated heterocycles. The zero-order valence-corrected chi connectivity index (χ0v) is 17.6. The SMILES string of the molecule is Cc1nc2c(=O)n(CC(C)c3ccc(Cl)cc3)nc(-c3ccc(Cl)cc3)c2s1. The summed E-state index contributed by atoms with van der Waals surface area (Å²) in [6.07, 6.45) is 0. The molecule has 4 rings (SSSR count). The summed E-state index contributed by atoms with van der Waals surface area (Å²) >= 11 is 13.5. The van der Waals surface area contributed by atoms with Gasteiger partial charge >= 0.3 is 0 Å². The molecule has 28 heavy (non-hydrogen) atoms. The van der Waals surface area contributed by atoms with Gasteiger partial charge in [-0.3, -0.25) is 4.79 Å². The van der Waals surface area contributed by atoms with Crippen molar-refractivity contribution in [3.8, 4) is 11.3 Å². The summed E-state index contributed by atoms with van der Waals surface area (Å²) in [5.41, 5.74) is 3.05. The lowest BCUT2D eigenvalue weighted by molar-refractivity contribution is 0.523. The Morgan fingerprint density at radius 1 is 1.04 bits per heavy atom. The number of nitrogens with zero attached hydrogens (tertiary/aromatic N) is 3. The van der Waals surface area contributed by atoms with E-state index in [9.17, 15) is 4.79 Å². The first kappa shape index (κ1) is 19.1. The molecule has 2 aromatic carbocycles. The van der Waals surface area contributed by atoms with Gasteiger partial charge in [0, 0.05) is 21.5 Å². The zero-order valence-electron chi connectivity index (χ0n) is 15.3. The number of aryl methyl sites for hydroxylation is 1. The predicted octanol–water partition coefficient (Wildman–Crippen LogP) is 5.94. The Morgan fingerprint density at radius 2 is 1.64 bits per heavy atom. The van der Waals surface area contributed by atoms with Crippen LogP contribution in [0.1, 0.15) is 23.4 Å². The smallest absolute Gasteiger partial charge is 0.265 e. The fourth-order valence-electron chi connectivity index (χ4n) is 3.14. The quantitative estimate of drug-likeness (QED) is 0.403. The molecule has 0 aliphatic carbocycles. The van der Waals surface area contributed by atoms with Crippen molar-refractivity contribution in [2.45, 2.75) is 26.3 Å². The molecule has 0 spiro atoms. The van der Waals surface area contributed by atoms with Gasteiger partial charge in [0.2, 0.25) is 0 Å². The second kappa shape index (κ2) is 7.66. The zero-order chi connectivity index (χ0) is 19.8. The van der Waals surface area contributed by atoms with Gasteiger partial charge in [0.15, 0.2) is 5.52 Å². The number of thiazole rings is 1. The Kier molecular flexibility index (Phi) is 5.23. The predicted molar refractivity (Wildman–Crippen MR) is 117 cm³/mol. The Morgan fingerprint density at radius 3 is 2.29 bits per heavy atom. The van der Waals surface area contributed by atoms with Gasteiger partial charge in [0.25, 0.3) is 5.56 Å². The van der Waals surface area contributed by atoms with Gasteiger partial charge in [-0.25, -0.2) is 9.67 Å². The van der Waals surface area contributed by atoms with Crippen molar-refractivity contribution in [2.75, 3.05) is 0 Å². The number of halogens is 2. The first-order valence-electron chi connectivity index (χ1n) is 8.82. The topological polar surface area (TPSA) is 47.8 Å². The minimum absolute atomic E-state index is 0.0951. The van der Waals surface area contributed by atoms with E-state index in [0.29, 0.717) is 22.1 Å². The summed E-state index contributed by atoms with van der Waals surface area (Å²) in [4.78, 5) is 17.5. The Labute approximate surface area is 176 Å². The van der Waals surface area contributed by atoms with E-state index in [2.05, 4.69) is 11.9 Å². The summed E-state index contributed by atoms with van der Waals surface area (Å²) in [5.74, 6) is 0.0951. The van der Waals surface area contributed by atoms with E-state index >= 15 is 0 Å². The molecule has 142 valence electrons. The highest BCUT2D eigenvalue weighted by molar-refractivity contribution is 7.19. The molecule has 0 bridgehead atoms. The molecule has 0 radical (unpaired) electrons. The molecule has 0 fully saturated rings. The second-order valence-corrected chi connectivity index (χ2v) is 8.78. The molecule has 0 aliphatic heterocycles. The van der Waals surface area contributed by atoms with Crippen molar-refractivity contribution in [2.24, 2.45) is 0 Å². The third-order valence-electron chi connectivity index (χ3n) is 4.61. The van der Waals surface area contributed by atoms with E-state index in [0.717, 1.165) is 26.5 Å². The van der Waals surface area contributed by atoms with Gasteiger partial charge in [-0.2, -0.15) is 5.10 Å². The van der Waals surface area contributed by atoms with Crippen LogP contribution in [0.3, 0.4) is 0 Å². The van der Waals surface area contributed by atoms with E-state index in [1.165, 1.54) is 16.0 Å². The molecule has 0 aliphatic rings. The van der Waals surface area contributed by atoms with E-state index in [-0.39, 0.29) is 11.5 Å². The Balaban J connectivity index is 1.82. The van der Waals surface area contributed by atoms with Crippen LogP contribution in [0.25, 0.3) is 21.5 Å². The van der Waals surface area contributed by atoms with Crippen molar-refractivity contribution in [3.05, 3.63) is 79.5 Å². The molecule has 0 saturated carbocycles. The summed E-state index contributed by atoms with van der Waals surface area (Å²) in [5, 5.41) is 6.89. The first-order valence-corrected chi connectivity index (χ1v) is 10.4. The largest absolute Gasteiger partial charge is 0.294 e. The normalized spacial score (nSPS) is 12.4. The highest BCUT2D eigenvalue weighted by atomic mass is 35.5. The van der Waals surface area contributed by atoms with Crippen molar-refractivity contribution in [3.63, 3.8) is 0 Å². The van der Waals surface area contributed by atoms with E-state index < -0.39 is 0 Å². The lowest BCUT2D eigenvalue weighted by Crippen LogP contribution is -2.26. The maximum absolute atomic E-state index is 13.0. The lowest BCUT2D eigenvalue weighted by atomic mass is 10.0. The fraction of sp³-hybridized carbons (Fsp3) is 0.190. The molecule has 4 nitrogen and oxygen atoms in total. The third-order valence-corrected chi connectivity index (χ3v) is 6.09. The maximum atomic E-state index is 13.0. The van der Waals surface area contributed by atoms with Crippen LogP contribution in [0.5, 0.6) is 0 Å². The molecule has 1 unspecified atom stereocenters. The van der Waals surface area contributed by atoms with Crippen LogP contribution in [0.4, 0.5) is 0 Å². The minimum atomic E-state index is -0.169. The highest BCUT2D eigenvalue weighted by Crippen LogP contribution is 2.30. The van der Waals surface area contributed by atoms with Crippen LogP contribution in [0, 0.1) is 6.92 Å². The number of hydrogen-bond acceptors (Lipinski definition) is 4. The van der Waals surface area contributed by atoms with Crippen LogP contribution in [0.15, 0.2) is 53.3 Å². The lowest BCUT2D eigenvalue weighted by Gasteiger charge is -2.14. The van der Waals surface area contributed by atoms with Crippen LogP contribution >= 0.6 is 34.5 Å². The molecular formula is C21H17Cl2N3OS. The highest BCUT2D eigenvalue weighted by Gasteiger charge is 2.18. The monoisotopic (exact) mass is 429 g/mol. The number of fused-ring (bicyclic) bond motifs is 1. The minimum Gasteiger partial charge on any atom is -0.265 e. The van der Waals surface area contributed by atoms with Crippen LogP contribution in [-0.2, 0) is 6.54 Å². The molecule has 7 heteroatoms. The van der Waals surface area contributed by atoms with Crippen molar-refractivity contribution < 1.29 is 0 Å². The van der Waals surface area contributed by atoms with Gasteiger partial charge in [-0.15, -0.1) is 11.3 Å². The van der Waals surface area contributed by atoms with Crippen LogP contribution in [-0.4, -0.2) is 14.8 Å². The van der Waals surface area contributed by atoms with E-state index in [1.807, 2.05) is 55.5 Å². The second-order valence-electron chi connectivity index (χ2n) is 6.71. The summed E-state index contributed by atoms with van der Waals surface area (Å²) in [6.45, 7) is 4.42. The van der Waals surface area contributed by atoms with Crippen molar-refractivity contribution in [1.29, 1.82) is 0 Å². The Hall–Kier alpha value is -2.21. The van der Waals surface area contributed by atoms with Gasteiger partial charge < -0.3 is 0 Å². The molecule has 2 heterocycles. The summed E-state index contributed by atoms with van der Waals surface area (Å²) in [7, 11) is 0. The maximum Gasteiger partial charge on any atom is 0.294 e. The summed E-state index contributed by atoms with van der Waals surface area (Å²) in [6, 6.07) is 15.1. The number of benzene rings is 2. The first-order chi connectivity index (χ1) is 13.4. The van der Waals surface area contributed by atoms with Gasteiger partial charge in [0.05, 0.1) is 16.3 Å². The van der Waals surface area contributed by atoms with Crippen LogP contribution in [0.2, 0.25) is 10.0 Å². The molecule has 1 atom stereocenters. The Bertz CT molecular complexity index is 1200. The van der Waals surface area contributed by atoms with Crippen LogP contribution < -0.4 is 5.56 Å². The average molecular weight is 430 g/mol. The summed E-state index contributed by atoms with van der Waals surface area (Å²) < 4.78 is 2.32. The molecule has 2 aromatic heterocycles. The van der Waals surface area contributed by atoms with E-state index in [4.69, 9.17) is 28.3 Å². The molecule has 0 N–H and O–H groups in total. The number of aromatic nitrogens is 3. The van der Waals surface area contributed by atoms with Crippen molar-refractivity contribution in [1.82, 2.24) is 14.8 Å². The fourth-order valence-corrected chi connectivity index (χ4v) is 4.31. The standard InChI is InChI=1S/C21H17Cl2N3OS/c1-12(14-3-7-16(22)8-4-14)11-26-21(27)19-20(28-13(2)24-19)18(25-26)15-5-9-17(23)10-6-15/h3-10,12H,11H2,1-2H3. The molecule has 4 aromatic rings. The number of hydrogen-bond donors (Lipinski definition) is 0. The van der Waals surface area contributed by atoms with Gasteiger partial charge in [-0.1, -0.05) is 54.4 Å². The van der Waals surface area contributed by atoms with Crippen molar-refractivity contribution >= 4 is 44.8 Å². The van der Waals surface area contributed by atoms with Gasteiger partial charge in [0.1, 0.15) is 5.69 Å². The van der Waals surface area contributed by atoms with Gasteiger partial charge in [-0.05, 0) is 36.8 Å². The average Bonchev–Trinajstić information content (AvgIpc) is 3.07. The van der Waals surface area contributed by atoms with E-state index in [1.54, 1.807) is 0 Å². The molecule has 0 amide bonds.